The van der Waals surface area contributed by atoms with Crippen molar-refractivity contribution in [3.63, 3.8) is 0 Å². The first-order valence-electron chi connectivity index (χ1n) is 0.767. The molecule has 0 aromatic heterocycles. The van der Waals surface area contributed by atoms with E-state index in [0.29, 0.717) is 0 Å². The first-order valence-corrected chi connectivity index (χ1v) is 3.78. The standard InChI is InChI=1S/FO.Na.2O.Zr/c1-2;;;;/q-1;+1;;-1;+1. The van der Waals surface area contributed by atoms with Crippen LogP contribution in [0.15, 0.2) is 0 Å². The molecule has 0 unspecified atom stereocenters. The van der Waals surface area contributed by atoms with Crippen molar-refractivity contribution >= 4 is 0 Å². The zero-order chi connectivity index (χ0) is 4.28. The molecule has 0 fully saturated rings. The van der Waals surface area contributed by atoms with Gasteiger partial charge in [-0.2, -0.15) is 0 Å². The average Bonchev–Trinajstić information content (AvgIpc) is 1.38. The molecule has 0 aliphatic carbocycles. The maximum atomic E-state index is 10.1. The van der Waals surface area contributed by atoms with Crippen LogP contribution in [0.2, 0.25) is 0 Å². The Kier molecular flexibility index (Phi) is 11.4. The van der Waals surface area contributed by atoms with Crippen LogP contribution in [0.1, 0.15) is 0 Å². The Labute approximate surface area is 65.0 Å². The second-order valence-corrected chi connectivity index (χ2v) is 1.94. The third-order valence-corrected chi connectivity index (χ3v) is 0.373. The molecule has 0 aromatic rings. The zero-order valence-corrected chi connectivity index (χ0v) is 7.56. The third-order valence-electron chi connectivity index (χ3n) is 0.0630. The number of rotatable bonds is 1. The van der Waals surface area contributed by atoms with E-state index in [1.54, 1.807) is 0 Å². The SMILES string of the molecule is [Na+].[O]=[Zr]([O-])[O]F. The van der Waals surface area contributed by atoms with E-state index in [4.69, 9.17) is 6.00 Å². The molecular weight excluding hydrogens is 181 g/mol. The number of hydrogen-bond donors (Lipinski definition) is 0. The molecule has 0 rings (SSSR count). The third kappa shape index (κ3) is 9.11. The first-order chi connectivity index (χ1) is 2.27. The Morgan fingerprint density at radius 1 is 1.83 bits per heavy atom. The molecule has 0 N–H and O–H groups in total. The summed E-state index contributed by atoms with van der Waals surface area (Å²) in [5, 5.41) is 0. The Balaban J connectivity index is 0. The fourth-order valence-electron chi connectivity index (χ4n) is 0. The second kappa shape index (κ2) is 6.53. The number of halogens is 1. The summed E-state index contributed by atoms with van der Waals surface area (Å²) in [5.41, 5.74) is 0. The van der Waals surface area contributed by atoms with Crippen molar-refractivity contribution in [1.82, 2.24) is 0 Å². The Bertz CT molecular complexity index is 46.1. The summed E-state index contributed by atoms with van der Waals surface area (Å²) in [6.45, 7) is 0. The minimum atomic E-state index is -4.25. The molecule has 0 aliphatic rings. The van der Waals surface area contributed by atoms with Gasteiger partial charge in [-0.05, 0) is 0 Å². The van der Waals surface area contributed by atoms with E-state index < -0.39 is 22.6 Å². The minimum absolute atomic E-state index is 0. The van der Waals surface area contributed by atoms with Gasteiger partial charge in [0.1, 0.15) is 0 Å². The summed E-state index contributed by atoms with van der Waals surface area (Å²) < 4.78 is 30.3. The van der Waals surface area contributed by atoms with E-state index in [1.807, 2.05) is 0 Å². The van der Waals surface area contributed by atoms with E-state index in [0.717, 1.165) is 0 Å². The molecule has 0 aliphatic heterocycles. The molecule has 3 nitrogen and oxygen atoms in total. The van der Waals surface area contributed by atoms with Crippen molar-refractivity contribution in [1.29, 1.82) is 0 Å². The predicted octanol–water partition coefficient (Wildman–Crippen LogP) is -3.95. The molecule has 30 valence electrons. The summed E-state index contributed by atoms with van der Waals surface area (Å²) in [4.78, 5) is 0. The van der Waals surface area contributed by atoms with Crippen LogP contribution < -0.4 is 32.7 Å². The van der Waals surface area contributed by atoms with Gasteiger partial charge >= 0.3 is 65.7 Å². The molecule has 0 radical (unpaired) electrons. The van der Waals surface area contributed by atoms with Gasteiger partial charge in [0.15, 0.2) is 0 Å². The fourth-order valence-corrected chi connectivity index (χ4v) is 0. The van der Waals surface area contributed by atoms with Crippen LogP contribution in [-0.4, -0.2) is 0 Å². The molecule has 6 heavy (non-hydrogen) atoms. The van der Waals surface area contributed by atoms with E-state index >= 15 is 0 Å². The van der Waals surface area contributed by atoms with Gasteiger partial charge < -0.3 is 0 Å². The van der Waals surface area contributed by atoms with Crippen molar-refractivity contribution in [2.45, 2.75) is 0 Å². The van der Waals surface area contributed by atoms with Crippen molar-refractivity contribution in [3.05, 3.63) is 0 Å². The average molecular weight is 181 g/mol. The molecule has 6 heteroatoms. The fraction of sp³-hybridized carbons (Fsp3) is 0. The van der Waals surface area contributed by atoms with Crippen molar-refractivity contribution < 1.29 is 65.7 Å². The number of hydrogen-bond acceptors (Lipinski definition) is 3. The molecule has 0 bridgehead atoms. The zero-order valence-electron chi connectivity index (χ0n) is 3.10. The van der Waals surface area contributed by atoms with Crippen molar-refractivity contribution in [2.75, 3.05) is 0 Å². The Morgan fingerprint density at radius 3 is 2.00 bits per heavy atom. The van der Waals surface area contributed by atoms with Crippen LogP contribution in [0, 0.1) is 0 Å². The van der Waals surface area contributed by atoms with E-state index in [-0.39, 0.29) is 29.6 Å². The van der Waals surface area contributed by atoms with Gasteiger partial charge in [-0.1, -0.05) is 0 Å². The summed E-state index contributed by atoms with van der Waals surface area (Å²) in [7, 11) is 0. The molecule has 0 spiro atoms. The van der Waals surface area contributed by atoms with Gasteiger partial charge in [0.2, 0.25) is 0 Å². The van der Waals surface area contributed by atoms with Crippen LogP contribution in [-0.2, 0) is 28.5 Å². The summed E-state index contributed by atoms with van der Waals surface area (Å²) >= 11 is -4.25. The van der Waals surface area contributed by atoms with E-state index in [2.05, 4.69) is 3.02 Å². The Morgan fingerprint density at radius 2 is 2.00 bits per heavy atom. The molecule has 0 heterocycles. The van der Waals surface area contributed by atoms with E-state index in [1.165, 1.54) is 0 Å². The van der Waals surface area contributed by atoms with Crippen LogP contribution in [0.5, 0.6) is 0 Å². The first kappa shape index (κ1) is 10.5. The van der Waals surface area contributed by atoms with Gasteiger partial charge in [-0.25, -0.2) is 0 Å². The van der Waals surface area contributed by atoms with Gasteiger partial charge in [-0.15, -0.1) is 0 Å². The normalized spacial score (nSPS) is 6.33. The summed E-state index contributed by atoms with van der Waals surface area (Å²) in [6, 6.07) is 0. The van der Waals surface area contributed by atoms with Crippen LogP contribution in [0.4, 0.5) is 4.53 Å². The molecular formula is FNaO3Zr. The molecule has 0 atom stereocenters. The second-order valence-electron chi connectivity index (χ2n) is 0.327. The van der Waals surface area contributed by atoms with Gasteiger partial charge in [0.25, 0.3) is 0 Å². The van der Waals surface area contributed by atoms with Crippen LogP contribution in [0.3, 0.4) is 0 Å². The van der Waals surface area contributed by atoms with Gasteiger partial charge in [0.05, 0.1) is 0 Å². The molecule has 0 amide bonds. The van der Waals surface area contributed by atoms with E-state index in [9.17, 15) is 4.53 Å². The molecule has 0 saturated heterocycles. The Hall–Kier alpha value is 1.53. The molecule has 0 saturated carbocycles. The van der Waals surface area contributed by atoms with Crippen LogP contribution in [0.25, 0.3) is 0 Å². The van der Waals surface area contributed by atoms with Crippen molar-refractivity contribution in [3.8, 4) is 0 Å². The van der Waals surface area contributed by atoms with Crippen LogP contribution >= 0.6 is 0 Å². The summed E-state index contributed by atoms with van der Waals surface area (Å²) in [5.74, 6) is 0. The quantitative estimate of drug-likeness (QED) is 0.388. The maximum absolute atomic E-state index is 10.1. The van der Waals surface area contributed by atoms with Gasteiger partial charge in [-0.3, -0.25) is 0 Å². The van der Waals surface area contributed by atoms with Gasteiger partial charge in [0, 0.05) is 0 Å². The molecule has 0 aromatic carbocycles. The topological polar surface area (TPSA) is 49.4 Å². The van der Waals surface area contributed by atoms with Crippen molar-refractivity contribution in [2.24, 2.45) is 0 Å². The summed E-state index contributed by atoms with van der Waals surface area (Å²) in [6.07, 6.45) is 0. The monoisotopic (exact) mass is 180 g/mol. The predicted molar refractivity (Wildman–Crippen MR) is 2.88 cm³/mol.